The zero-order valence-electron chi connectivity index (χ0n) is 11.3. The molecule has 1 saturated heterocycles. The molecule has 2 unspecified atom stereocenters. The maximum absolute atomic E-state index is 12.1. The minimum atomic E-state index is -0.902. The highest BCUT2D eigenvalue weighted by Gasteiger charge is 2.39. The molecule has 19 heavy (non-hydrogen) atoms. The Morgan fingerprint density at radius 1 is 1.42 bits per heavy atom. The summed E-state index contributed by atoms with van der Waals surface area (Å²) in [5.74, 6) is 1.01. The van der Waals surface area contributed by atoms with E-state index in [1.807, 2.05) is 6.92 Å². The van der Waals surface area contributed by atoms with Gasteiger partial charge in [-0.05, 0) is 19.8 Å². The third kappa shape index (κ3) is 4.25. The molecule has 1 fully saturated rings. The van der Waals surface area contributed by atoms with Crippen LogP contribution in [0.5, 0.6) is 0 Å². The third-order valence-corrected chi connectivity index (χ3v) is 3.39. The molecule has 0 aromatic carbocycles. The van der Waals surface area contributed by atoms with Crippen LogP contribution in [-0.2, 0) is 14.3 Å². The van der Waals surface area contributed by atoms with Crippen LogP contribution in [0.4, 0.5) is 0 Å². The van der Waals surface area contributed by atoms with Crippen LogP contribution in [0.25, 0.3) is 0 Å². The first kappa shape index (κ1) is 15.5. The van der Waals surface area contributed by atoms with Gasteiger partial charge in [0.25, 0.3) is 0 Å². The van der Waals surface area contributed by atoms with E-state index in [1.54, 1.807) is 4.90 Å². The third-order valence-electron chi connectivity index (χ3n) is 3.39. The first-order valence-corrected chi connectivity index (χ1v) is 6.65. The SMILES string of the molecule is C#CCCCCC(=O)N(CC)C1COCC1C(=O)O. The van der Waals surface area contributed by atoms with Crippen molar-refractivity contribution in [1.29, 1.82) is 0 Å². The highest BCUT2D eigenvalue weighted by atomic mass is 16.5. The van der Waals surface area contributed by atoms with Gasteiger partial charge in [-0.25, -0.2) is 0 Å². The largest absolute Gasteiger partial charge is 0.481 e. The Morgan fingerprint density at radius 2 is 2.16 bits per heavy atom. The van der Waals surface area contributed by atoms with Crippen molar-refractivity contribution < 1.29 is 19.4 Å². The standard InChI is InChI=1S/C14H21NO4/c1-3-5-6-7-8-13(16)15(4-2)12-10-19-9-11(12)14(17)18/h1,11-12H,4-10H2,2H3,(H,17,18). The van der Waals surface area contributed by atoms with E-state index in [-0.39, 0.29) is 18.6 Å². The van der Waals surface area contributed by atoms with Crippen LogP contribution in [0.2, 0.25) is 0 Å². The number of unbranched alkanes of at least 4 members (excludes halogenated alkanes) is 2. The van der Waals surface area contributed by atoms with Gasteiger partial charge in [-0.15, -0.1) is 12.3 Å². The lowest BCUT2D eigenvalue weighted by molar-refractivity contribution is -0.145. The molecule has 0 spiro atoms. The number of hydrogen-bond acceptors (Lipinski definition) is 3. The van der Waals surface area contributed by atoms with Gasteiger partial charge in [0.05, 0.1) is 19.3 Å². The minimum absolute atomic E-state index is 0.0127. The number of aliphatic carboxylic acids is 1. The van der Waals surface area contributed by atoms with Gasteiger partial charge in [-0.2, -0.15) is 0 Å². The highest BCUT2D eigenvalue weighted by Crippen LogP contribution is 2.21. The summed E-state index contributed by atoms with van der Waals surface area (Å²) in [5, 5.41) is 9.12. The van der Waals surface area contributed by atoms with E-state index in [1.165, 1.54) is 0 Å². The molecule has 106 valence electrons. The molecule has 1 heterocycles. The molecule has 1 rings (SSSR count). The van der Waals surface area contributed by atoms with Crippen molar-refractivity contribution in [2.45, 2.75) is 38.6 Å². The first-order valence-electron chi connectivity index (χ1n) is 6.65. The average molecular weight is 267 g/mol. The molecular formula is C14H21NO4. The summed E-state index contributed by atoms with van der Waals surface area (Å²) in [4.78, 5) is 24.9. The van der Waals surface area contributed by atoms with Gasteiger partial charge in [-0.3, -0.25) is 9.59 Å². The van der Waals surface area contributed by atoms with E-state index in [0.717, 1.165) is 12.8 Å². The minimum Gasteiger partial charge on any atom is -0.481 e. The fourth-order valence-corrected chi connectivity index (χ4v) is 2.33. The smallest absolute Gasteiger partial charge is 0.311 e. The number of likely N-dealkylation sites (N-methyl/N-ethyl adjacent to an activating group) is 1. The van der Waals surface area contributed by atoms with Crippen molar-refractivity contribution >= 4 is 11.9 Å². The predicted octanol–water partition coefficient (Wildman–Crippen LogP) is 1.13. The highest BCUT2D eigenvalue weighted by molar-refractivity contribution is 5.78. The second-order valence-electron chi connectivity index (χ2n) is 4.64. The quantitative estimate of drug-likeness (QED) is 0.554. The lowest BCUT2D eigenvalue weighted by Gasteiger charge is -2.29. The summed E-state index contributed by atoms with van der Waals surface area (Å²) in [6, 6.07) is -0.345. The van der Waals surface area contributed by atoms with Crippen LogP contribution in [-0.4, -0.2) is 47.7 Å². The fraction of sp³-hybridized carbons (Fsp3) is 0.714. The molecule has 0 saturated carbocycles. The van der Waals surface area contributed by atoms with E-state index in [0.29, 0.717) is 26.0 Å². The predicted molar refractivity (Wildman–Crippen MR) is 70.4 cm³/mol. The van der Waals surface area contributed by atoms with E-state index in [9.17, 15) is 9.59 Å². The van der Waals surface area contributed by atoms with Gasteiger partial charge >= 0.3 is 5.97 Å². The first-order chi connectivity index (χ1) is 9.11. The Hall–Kier alpha value is -1.54. The average Bonchev–Trinajstić information content (AvgIpc) is 2.85. The van der Waals surface area contributed by atoms with E-state index < -0.39 is 11.9 Å². The van der Waals surface area contributed by atoms with Crippen LogP contribution in [0.1, 0.15) is 32.6 Å². The van der Waals surface area contributed by atoms with Crippen molar-refractivity contribution in [1.82, 2.24) is 4.90 Å². The van der Waals surface area contributed by atoms with Gasteiger partial charge in [0.2, 0.25) is 5.91 Å². The zero-order valence-corrected chi connectivity index (χ0v) is 11.3. The van der Waals surface area contributed by atoms with Gasteiger partial charge in [-0.1, -0.05) is 0 Å². The molecule has 0 aliphatic carbocycles. The van der Waals surface area contributed by atoms with Crippen molar-refractivity contribution in [2.24, 2.45) is 5.92 Å². The van der Waals surface area contributed by atoms with Crippen LogP contribution in [0.15, 0.2) is 0 Å². The number of ether oxygens (including phenoxy) is 1. The molecule has 1 amide bonds. The summed E-state index contributed by atoms with van der Waals surface area (Å²) in [6.07, 6.45) is 7.80. The lowest BCUT2D eigenvalue weighted by Crippen LogP contribution is -2.46. The van der Waals surface area contributed by atoms with Crippen LogP contribution in [0.3, 0.4) is 0 Å². The molecule has 2 atom stereocenters. The number of hydrogen-bond donors (Lipinski definition) is 1. The Morgan fingerprint density at radius 3 is 2.74 bits per heavy atom. The maximum Gasteiger partial charge on any atom is 0.311 e. The number of nitrogens with zero attached hydrogens (tertiary/aromatic N) is 1. The Kier molecular flexibility index (Phi) is 6.37. The zero-order chi connectivity index (χ0) is 14.3. The van der Waals surface area contributed by atoms with Gasteiger partial charge in [0, 0.05) is 19.4 Å². The molecule has 0 aromatic heterocycles. The fourth-order valence-electron chi connectivity index (χ4n) is 2.33. The topological polar surface area (TPSA) is 66.8 Å². The van der Waals surface area contributed by atoms with Gasteiger partial charge in [0.1, 0.15) is 5.92 Å². The molecule has 1 aliphatic heterocycles. The van der Waals surface area contributed by atoms with E-state index >= 15 is 0 Å². The molecule has 0 radical (unpaired) electrons. The maximum atomic E-state index is 12.1. The Balaban J connectivity index is 2.54. The van der Waals surface area contributed by atoms with Crippen LogP contribution < -0.4 is 0 Å². The van der Waals surface area contributed by atoms with Crippen LogP contribution >= 0.6 is 0 Å². The monoisotopic (exact) mass is 267 g/mol. The summed E-state index contributed by atoms with van der Waals surface area (Å²) in [5.41, 5.74) is 0. The van der Waals surface area contributed by atoms with Gasteiger partial charge in [0.15, 0.2) is 0 Å². The molecule has 5 nitrogen and oxygen atoms in total. The van der Waals surface area contributed by atoms with Crippen molar-refractivity contribution in [3.63, 3.8) is 0 Å². The van der Waals surface area contributed by atoms with Gasteiger partial charge < -0.3 is 14.7 Å². The summed E-state index contributed by atoms with van der Waals surface area (Å²) < 4.78 is 5.21. The molecule has 1 N–H and O–H groups in total. The van der Waals surface area contributed by atoms with Crippen molar-refractivity contribution in [3.8, 4) is 12.3 Å². The Bertz CT molecular complexity index is 361. The second-order valence-corrected chi connectivity index (χ2v) is 4.64. The molecular weight excluding hydrogens is 246 g/mol. The molecule has 0 aromatic rings. The van der Waals surface area contributed by atoms with Crippen molar-refractivity contribution in [3.05, 3.63) is 0 Å². The summed E-state index contributed by atoms with van der Waals surface area (Å²) in [7, 11) is 0. The second kappa shape index (κ2) is 7.80. The number of carboxylic acids is 1. The number of carbonyl (C=O) groups excluding carboxylic acids is 1. The number of terminal acetylenes is 1. The Labute approximate surface area is 113 Å². The van der Waals surface area contributed by atoms with Crippen LogP contribution in [0, 0.1) is 18.3 Å². The summed E-state index contributed by atoms with van der Waals surface area (Å²) >= 11 is 0. The number of amides is 1. The number of carboxylic acid groups (broad SMARTS) is 1. The molecule has 5 heteroatoms. The number of carbonyl (C=O) groups is 2. The summed E-state index contributed by atoms with van der Waals surface area (Å²) in [6.45, 7) is 2.85. The van der Waals surface area contributed by atoms with Crippen molar-refractivity contribution in [2.75, 3.05) is 19.8 Å². The lowest BCUT2D eigenvalue weighted by atomic mass is 10.0. The number of rotatable bonds is 7. The molecule has 0 bridgehead atoms. The van der Waals surface area contributed by atoms with E-state index in [2.05, 4.69) is 5.92 Å². The molecule has 1 aliphatic rings. The normalized spacial score (nSPS) is 21.9. The van der Waals surface area contributed by atoms with E-state index in [4.69, 9.17) is 16.3 Å².